The number of esters is 5. The van der Waals surface area contributed by atoms with Crippen molar-refractivity contribution in [2.75, 3.05) is 13.2 Å². The highest BCUT2D eigenvalue weighted by molar-refractivity contribution is 5.92. The molecule has 5 aromatic rings. The maximum Gasteiger partial charge on any atom is 0.340 e. The van der Waals surface area contributed by atoms with Crippen molar-refractivity contribution in [1.82, 2.24) is 0 Å². The molecule has 0 spiro atoms. The van der Waals surface area contributed by atoms with E-state index in [1.165, 1.54) is 12.2 Å². The highest BCUT2D eigenvalue weighted by Gasteiger charge is 2.59. The molecule has 2 fully saturated rings. The lowest BCUT2D eigenvalue weighted by Crippen LogP contribution is -2.48. The average molecular weight is 893 g/mol. The van der Waals surface area contributed by atoms with Crippen LogP contribution in [-0.4, -0.2) is 84.2 Å². The zero-order valence-electron chi connectivity index (χ0n) is 36.2. The molecular formula is C53H48O13. The van der Waals surface area contributed by atoms with Gasteiger partial charge in [0.25, 0.3) is 0 Å². The van der Waals surface area contributed by atoms with E-state index in [2.05, 4.69) is 24.6 Å². The third-order valence-corrected chi connectivity index (χ3v) is 11.1. The summed E-state index contributed by atoms with van der Waals surface area (Å²) in [5.74, 6) is -4.15. The molecule has 0 aliphatic carbocycles. The number of hydrogen-bond donors (Lipinski definition) is 1. The number of carbonyl (C=O) groups is 5. The maximum absolute atomic E-state index is 13.1. The Morgan fingerprint density at radius 1 is 0.515 bits per heavy atom. The molecule has 2 saturated heterocycles. The first-order valence-electron chi connectivity index (χ1n) is 20.9. The summed E-state index contributed by atoms with van der Waals surface area (Å²) in [4.78, 5) is 63.2. The van der Waals surface area contributed by atoms with Gasteiger partial charge in [0, 0.05) is 17.9 Å². The van der Waals surface area contributed by atoms with Crippen LogP contribution in [0.2, 0.25) is 0 Å². The molecule has 8 atom stereocenters. The maximum atomic E-state index is 13.1. The third kappa shape index (κ3) is 11.4. The van der Waals surface area contributed by atoms with Gasteiger partial charge < -0.3 is 38.3 Å². The van der Waals surface area contributed by atoms with E-state index >= 15 is 0 Å². The molecule has 13 nitrogen and oxygen atoms in total. The quantitative estimate of drug-likeness (QED) is 0.0645. The lowest BCUT2D eigenvalue weighted by molar-refractivity contribution is -0.162. The molecule has 0 bridgehead atoms. The van der Waals surface area contributed by atoms with Crippen LogP contribution in [0.25, 0.3) is 0 Å². The minimum absolute atomic E-state index is 0.110. The summed E-state index contributed by atoms with van der Waals surface area (Å²) in [6.07, 6.45) is -1.38. The fraction of sp³-hybridized carbons (Fsp3) is 0.226. The van der Waals surface area contributed by atoms with Crippen LogP contribution in [0.3, 0.4) is 0 Å². The van der Waals surface area contributed by atoms with E-state index in [-0.39, 0.29) is 13.2 Å². The first-order valence-corrected chi connectivity index (χ1v) is 20.9. The minimum atomic E-state index is -1.66. The Hall–Kier alpha value is -7.63. The van der Waals surface area contributed by atoms with Gasteiger partial charge in [0.1, 0.15) is 25.4 Å². The van der Waals surface area contributed by atoms with Gasteiger partial charge in [-0.25, -0.2) is 24.0 Å². The van der Waals surface area contributed by atoms with Crippen LogP contribution < -0.4 is 0 Å². The summed E-state index contributed by atoms with van der Waals surface area (Å²) in [5, 5.41) is 11.1. The SMILES string of the molecule is C=C=C[C@]1(O)C(OC(=O)c2ccccc2)O[C@H](COC(=O)c2ccccc2)C1C.C=C=C[C@]1(OC(=O)c2ccccc2)C(OC(=O)c2ccccc2)O[C@H](COC(=O)c2ccccc2)C1C. The van der Waals surface area contributed by atoms with Gasteiger partial charge in [-0.05, 0) is 66.7 Å². The van der Waals surface area contributed by atoms with E-state index in [1.54, 1.807) is 166 Å². The van der Waals surface area contributed by atoms with Crippen molar-refractivity contribution in [3.63, 3.8) is 0 Å². The van der Waals surface area contributed by atoms with Gasteiger partial charge in [-0.1, -0.05) is 118 Å². The van der Waals surface area contributed by atoms with Crippen molar-refractivity contribution in [1.29, 1.82) is 0 Å². The topological polar surface area (TPSA) is 170 Å². The van der Waals surface area contributed by atoms with Crippen molar-refractivity contribution in [2.45, 2.75) is 49.8 Å². The molecule has 1 N–H and O–H groups in total. The zero-order valence-corrected chi connectivity index (χ0v) is 36.2. The van der Waals surface area contributed by atoms with Crippen LogP contribution in [0, 0.1) is 11.8 Å². The largest absolute Gasteiger partial charge is 0.459 e. The normalized spacial score (nSPS) is 23.8. The minimum Gasteiger partial charge on any atom is -0.459 e. The summed E-state index contributed by atoms with van der Waals surface area (Å²) in [6, 6.07) is 42.2. The fourth-order valence-corrected chi connectivity index (χ4v) is 7.19. The number of carbonyl (C=O) groups excluding carboxylic acids is 5. The Balaban J connectivity index is 0.000000225. The molecule has 2 heterocycles. The van der Waals surface area contributed by atoms with Crippen LogP contribution >= 0.6 is 0 Å². The summed E-state index contributed by atoms with van der Waals surface area (Å²) in [6.45, 7) is 10.3. The predicted molar refractivity (Wildman–Crippen MR) is 240 cm³/mol. The molecule has 338 valence electrons. The van der Waals surface area contributed by atoms with E-state index in [0.29, 0.717) is 27.8 Å². The second-order valence-corrected chi connectivity index (χ2v) is 15.3. The van der Waals surface area contributed by atoms with Gasteiger partial charge in [0.05, 0.1) is 27.8 Å². The Labute approximate surface area is 382 Å². The molecule has 4 unspecified atom stereocenters. The Morgan fingerprint density at radius 3 is 1.24 bits per heavy atom. The molecule has 0 radical (unpaired) electrons. The Bertz CT molecular complexity index is 2540. The fourth-order valence-electron chi connectivity index (χ4n) is 7.19. The van der Waals surface area contributed by atoms with Gasteiger partial charge in [-0.3, -0.25) is 0 Å². The summed E-state index contributed by atoms with van der Waals surface area (Å²) in [5.41, 5.74) is 3.67. The standard InChI is InChI=1S/C30H26O7.C23H22O6/c1-3-19-30(37-28(33)24-17-11-6-12-18-24)21(2)25(20-34-26(31)22-13-7-4-8-14-22)35-29(30)36-27(32)23-15-9-5-10-16-23;1-3-14-23(26)16(2)19(15-27-20(24)17-10-6-4-7-11-17)28-22(23)29-21(25)18-12-8-5-9-13-18/h4-19,21,25,29H,1,20H2,2H3;4-14,16,19,22,26H,1,15H2,2H3/t21?,25-,29?,30-;16?,19-,22?,23-/m11/s1. The molecular weight excluding hydrogens is 845 g/mol. The van der Waals surface area contributed by atoms with E-state index in [0.717, 1.165) is 0 Å². The third-order valence-electron chi connectivity index (χ3n) is 11.1. The van der Waals surface area contributed by atoms with Crippen LogP contribution in [0.5, 0.6) is 0 Å². The van der Waals surface area contributed by atoms with E-state index < -0.39 is 77.7 Å². The van der Waals surface area contributed by atoms with Crippen molar-refractivity contribution in [2.24, 2.45) is 11.8 Å². The lowest BCUT2D eigenvalue weighted by atomic mass is 9.86. The van der Waals surface area contributed by atoms with Crippen LogP contribution in [0.4, 0.5) is 0 Å². The molecule has 0 aromatic heterocycles. The van der Waals surface area contributed by atoms with E-state index in [4.69, 9.17) is 33.2 Å². The lowest BCUT2D eigenvalue weighted by Gasteiger charge is -2.33. The van der Waals surface area contributed by atoms with Crippen LogP contribution in [0.15, 0.2) is 188 Å². The van der Waals surface area contributed by atoms with Crippen LogP contribution in [-0.2, 0) is 33.2 Å². The number of rotatable bonds is 14. The Kier molecular flexibility index (Phi) is 16.2. The van der Waals surface area contributed by atoms with Gasteiger partial charge in [0.2, 0.25) is 18.2 Å². The number of benzene rings is 5. The van der Waals surface area contributed by atoms with Crippen LogP contribution in [0.1, 0.15) is 65.6 Å². The molecule has 7 rings (SSSR count). The van der Waals surface area contributed by atoms with E-state index in [9.17, 15) is 29.1 Å². The Morgan fingerprint density at radius 2 is 0.848 bits per heavy atom. The molecule has 0 amide bonds. The monoisotopic (exact) mass is 892 g/mol. The van der Waals surface area contributed by atoms with Gasteiger partial charge in [-0.2, -0.15) is 0 Å². The van der Waals surface area contributed by atoms with Crippen molar-refractivity contribution in [3.05, 3.63) is 216 Å². The summed E-state index contributed by atoms with van der Waals surface area (Å²) >= 11 is 0. The number of ether oxygens (including phenoxy) is 7. The predicted octanol–water partition coefficient (Wildman–Crippen LogP) is 8.13. The average Bonchev–Trinajstić information content (AvgIpc) is 3.73. The molecule has 2 aliphatic rings. The van der Waals surface area contributed by atoms with Gasteiger partial charge in [0.15, 0.2) is 5.60 Å². The van der Waals surface area contributed by atoms with Crippen molar-refractivity contribution in [3.8, 4) is 0 Å². The number of hydrogen-bond acceptors (Lipinski definition) is 13. The highest BCUT2D eigenvalue weighted by atomic mass is 16.7. The van der Waals surface area contributed by atoms with Crippen molar-refractivity contribution < 1.29 is 62.2 Å². The summed E-state index contributed by atoms with van der Waals surface area (Å²) in [7, 11) is 0. The first-order chi connectivity index (χ1) is 31.9. The highest BCUT2D eigenvalue weighted by Crippen LogP contribution is 2.43. The number of aliphatic hydroxyl groups is 1. The van der Waals surface area contributed by atoms with E-state index in [1.807, 2.05) is 0 Å². The molecule has 66 heavy (non-hydrogen) atoms. The smallest absolute Gasteiger partial charge is 0.340 e. The second-order valence-electron chi connectivity index (χ2n) is 15.3. The molecule has 5 aromatic carbocycles. The zero-order chi connectivity index (χ0) is 47.1. The molecule has 2 aliphatic heterocycles. The van der Waals surface area contributed by atoms with Gasteiger partial charge >= 0.3 is 29.8 Å². The summed E-state index contributed by atoms with van der Waals surface area (Å²) < 4.78 is 39.7. The molecule has 13 heteroatoms. The molecule has 0 saturated carbocycles. The first kappa shape index (κ1) is 47.8. The van der Waals surface area contributed by atoms with Crippen molar-refractivity contribution >= 4 is 29.8 Å². The second kappa shape index (κ2) is 22.3. The van der Waals surface area contributed by atoms with Gasteiger partial charge in [-0.15, -0.1) is 11.5 Å².